The average molecular weight is 173 g/mol. The third-order valence-electron chi connectivity index (χ3n) is 2.00. The summed E-state index contributed by atoms with van der Waals surface area (Å²) in [6, 6.07) is 0. The number of aldehydes is 1. The van der Waals surface area contributed by atoms with Gasteiger partial charge in [0.05, 0.1) is 0 Å². The Hall–Kier alpha value is -0.930. The fourth-order valence-electron chi connectivity index (χ4n) is 1.19. The van der Waals surface area contributed by atoms with Crippen LogP contribution in [-0.4, -0.2) is 17.8 Å². The summed E-state index contributed by atoms with van der Waals surface area (Å²) in [5.41, 5.74) is 0. The molecule has 0 aromatic rings. The summed E-state index contributed by atoms with van der Waals surface area (Å²) < 4.78 is 0. The fourth-order valence-corrected chi connectivity index (χ4v) is 1.19. The third-order valence-corrected chi connectivity index (χ3v) is 2.00. The van der Waals surface area contributed by atoms with E-state index in [9.17, 15) is 14.9 Å². The van der Waals surface area contributed by atoms with Gasteiger partial charge in [-0.25, -0.2) is 0 Å². The zero-order valence-electron chi connectivity index (χ0n) is 7.53. The number of hydrogen-bond acceptors (Lipinski definition) is 3. The van der Waals surface area contributed by atoms with Gasteiger partial charge in [-0.1, -0.05) is 20.3 Å². The number of carbonyl (C=O) groups excluding carboxylic acids is 1. The molecule has 2 atom stereocenters. The Morgan fingerprint density at radius 1 is 1.58 bits per heavy atom. The smallest absolute Gasteiger partial charge is 0.207 e. The van der Waals surface area contributed by atoms with Crippen LogP contribution in [0.15, 0.2) is 0 Å². The molecule has 0 rings (SSSR count). The Labute approximate surface area is 72.1 Å². The molecule has 12 heavy (non-hydrogen) atoms. The van der Waals surface area contributed by atoms with Crippen molar-refractivity contribution in [1.82, 2.24) is 0 Å². The molecule has 0 radical (unpaired) electrons. The summed E-state index contributed by atoms with van der Waals surface area (Å²) in [6.45, 7) is 3.61. The first kappa shape index (κ1) is 11.1. The Kier molecular flexibility index (Phi) is 5.25. The second-order valence-electron chi connectivity index (χ2n) is 3.06. The van der Waals surface area contributed by atoms with Crippen LogP contribution < -0.4 is 0 Å². The minimum atomic E-state index is -0.347. The molecule has 0 heterocycles. The maximum absolute atomic E-state index is 10.4. The lowest BCUT2D eigenvalue weighted by molar-refractivity contribution is -0.489. The second kappa shape index (κ2) is 5.69. The van der Waals surface area contributed by atoms with Crippen LogP contribution in [0.2, 0.25) is 0 Å². The lowest BCUT2D eigenvalue weighted by Crippen LogP contribution is -2.22. The van der Waals surface area contributed by atoms with Crippen molar-refractivity contribution in [3.8, 4) is 0 Å². The highest BCUT2D eigenvalue weighted by Crippen LogP contribution is 2.15. The van der Waals surface area contributed by atoms with Crippen LogP contribution in [0.4, 0.5) is 0 Å². The van der Waals surface area contributed by atoms with Crippen LogP contribution in [0.5, 0.6) is 0 Å². The molecule has 4 nitrogen and oxygen atoms in total. The van der Waals surface area contributed by atoms with E-state index in [1.165, 1.54) is 0 Å². The maximum atomic E-state index is 10.4. The minimum Gasteiger partial charge on any atom is -0.303 e. The van der Waals surface area contributed by atoms with Crippen molar-refractivity contribution in [2.75, 3.05) is 6.54 Å². The number of nitro groups is 1. The summed E-state index contributed by atoms with van der Waals surface area (Å²) in [6.07, 6.45) is 2.43. The van der Waals surface area contributed by atoms with Gasteiger partial charge >= 0.3 is 0 Å². The van der Waals surface area contributed by atoms with Crippen molar-refractivity contribution in [3.05, 3.63) is 10.1 Å². The fraction of sp³-hybridized carbons (Fsp3) is 0.875. The molecule has 0 N–H and O–H groups in total. The summed E-state index contributed by atoms with van der Waals surface area (Å²) in [7, 11) is 0. The highest BCUT2D eigenvalue weighted by Gasteiger charge is 2.20. The maximum Gasteiger partial charge on any atom is 0.207 e. The molecule has 0 spiro atoms. The van der Waals surface area contributed by atoms with E-state index in [0.29, 0.717) is 0 Å². The lowest BCUT2D eigenvalue weighted by atomic mass is 9.91. The number of hydrogen-bond donors (Lipinski definition) is 0. The van der Waals surface area contributed by atoms with E-state index in [1.807, 2.05) is 6.92 Å². The first-order chi connectivity index (χ1) is 5.61. The average Bonchev–Trinajstić information content (AvgIpc) is 2.01. The lowest BCUT2D eigenvalue weighted by Gasteiger charge is -2.13. The molecule has 4 heteroatoms. The van der Waals surface area contributed by atoms with Crippen molar-refractivity contribution in [1.29, 1.82) is 0 Å². The Balaban J connectivity index is 4.01. The highest BCUT2D eigenvalue weighted by molar-refractivity contribution is 5.53. The molecule has 0 saturated carbocycles. The first-order valence-electron chi connectivity index (χ1n) is 4.18. The molecule has 0 aliphatic heterocycles. The third kappa shape index (κ3) is 4.05. The van der Waals surface area contributed by atoms with Gasteiger partial charge < -0.3 is 4.79 Å². The van der Waals surface area contributed by atoms with Gasteiger partial charge in [-0.2, -0.15) is 0 Å². The van der Waals surface area contributed by atoms with Crippen LogP contribution in [-0.2, 0) is 4.79 Å². The molecule has 0 aliphatic rings. The zero-order chi connectivity index (χ0) is 9.56. The van der Waals surface area contributed by atoms with E-state index in [2.05, 4.69) is 0 Å². The predicted molar refractivity (Wildman–Crippen MR) is 45.5 cm³/mol. The summed E-state index contributed by atoms with van der Waals surface area (Å²) in [5, 5.41) is 10.2. The van der Waals surface area contributed by atoms with Crippen LogP contribution >= 0.6 is 0 Å². The quantitative estimate of drug-likeness (QED) is 0.347. The van der Waals surface area contributed by atoms with E-state index in [4.69, 9.17) is 0 Å². The summed E-state index contributed by atoms with van der Waals surface area (Å²) in [4.78, 5) is 20.2. The van der Waals surface area contributed by atoms with E-state index >= 15 is 0 Å². The summed E-state index contributed by atoms with van der Waals surface area (Å²) in [5.74, 6) is -0.294. The van der Waals surface area contributed by atoms with E-state index in [-0.39, 0.29) is 23.3 Å². The molecular formula is C8H15NO3. The highest BCUT2D eigenvalue weighted by atomic mass is 16.6. The Morgan fingerprint density at radius 3 is 2.50 bits per heavy atom. The molecule has 70 valence electrons. The standard InChI is InChI=1S/C8H15NO3/c1-3-4-8(5-9(11)12)7(2)6-10/h6-8H,3-5H2,1-2H3/t7-,8-/m0/s1. The van der Waals surface area contributed by atoms with Gasteiger partial charge in [0.15, 0.2) is 0 Å². The van der Waals surface area contributed by atoms with Crippen LogP contribution in [0.25, 0.3) is 0 Å². The number of nitrogens with zero attached hydrogens (tertiary/aromatic N) is 1. The van der Waals surface area contributed by atoms with Crippen LogP contribution in [0.1, 0.15) is 26.7 Å². The van der Waals surface area contributed by atoms with Gasteiger partial charge in [0.1, 0.15) is 6.29 Å². The number of rotatable bonds is 6. The predicted octanol–water partition coefficient (Wildman–Crippen LogP) is 1.51. The van der Waals surface area contributed by atoms with Gasteiger partial charge in [-0.3, -0.25) is 10.1 Å². The van der Waals surface area contributed by atoms with E-state index < -0.39 is 0 Å². The largest absolute Gasteiger partial charge is 0.303 e. The van der Waals surface area contributed by atoms with Crippen molar-refractivity contribution < 1.29 is 9.72 Å². The van der Waals surface area contributed by atoms with Gasteiger partial charge in [0.2, 0.25) is 6.54 Å². The molecule has 0 aromatic heterocycles. The van der Waals surface area contributed by atoms with Crippen molar-refractivity contribution in [2.45, 2.75) is 26.7 Å². The van der Waals surface area contributed by atoms with Crippen molar-refractivity contribution in [2.24, 2.45) is 11.8 Å². The monoisotopic (exact) mass is 173 g/mol. The molecule has 0 aliphatic carbocycles. The van der Waals surface area contributed by atoms with E-state index in [0.717, 1.165) is 19.1 Å². The van der Waals surface area contributed by atoms with Gasteiger partial charge in [0, 0.05) is 16.8 Å². The number of carbonyl (C=O) groups is 1. The van der Waals surface area contributed by atoms with Gasteiger partial charge in [-0.05, 0) is 6.42 Å². The Bertz CT molecular complexity index is 158. The van der Waals surface area contributed by atoms with E-state index in [1.54, 1.807) is 6.92 Å². The zero-order valence-corrected chi connectivity index (χ0v) is 7.53. The topological polar surface area (TPSA) is 60.2 Å². The van der Waals surface area contributed by atoms with Crippen molar-refractivity contribution in [3.63, 3.8) is 0 Å². The molecular weight excluding hydrogens is 158 g/mol. The SMILES string of the molecule is CCC[C@@H](C[N+](=O)[O-])[C@@H](C)C=O. The molecule has 0 saturated heterocycles. The normalized spacial score (nSPS) is 15.2. The second-order valence-corrected chi connectivity index (χ2v) is 3.06. The molecule has 0 aromatic carbocycles. The minimum absolute atomic E-state index is 0.0895. The molecule has 0 unspecified atom stereocenters. The molecule has 0 fully saturated rings. The van der Waals surface area contributed by atoms with Crippen LogP contribution in [0, 0.1) is 22.0 Å². The first-order valence-corrected chi connectivity index (χ1v) is 4.18. The van der Waals surface area contributed by atoms with Crippen molar-refractivity contribution >= 4 is 6.29 Å². The van der Waals surface area contributed by atoms with Gasteiger partial charge in [-0.15, -0.1) is 0 Å². The van der Waals surface area contributed by atoms with Gasteiger partial charge in [0.25, 0.3) is 0 Å². The van der Waals surface area contributed by atoms with Crippen LogP contribution in [0.3, 0.4) is 0 Å². The Morgan fingerprint density at radius 2 is 2.17 bits per heavy atom. The molecule has 0 bridgehead atoms. The summed E-state index contributed by atoms with van der Waals surface area (Å²) >= 11 is 0. The molecule has 0 amide bonds.